The Balaban J connectivity index is 1.92. The molecular formula is C18H15Cl2F3N2O3. The van der Waals surface area contributed by atoms with E-state index in [1.807, 2.05) is 0 Å². The van der Waals surface area contributed by atoms with E-state index in [2.05, 4.69) is 5.32 Å². The fourth-order valence-electron chi connectivity index (χ4n) is 2.17. The molecule has 0 heterocycles. The molecule has 150 valence electrons. The summed E-state index contributed by atoms with van der Waals surface area (Å²) in [6.07, 6.45) is -4.61. The first-order chi connectivity index (χ1) is 13.1. The van der Waals surface area contributed by atoms with Crippen molar-refractivity contribution in [3.63, 3.8) is 0 Å². The minimum atomic E-state index is -4.61. The van der Waals surface area contributed by atoms with E-state index < -0.39 is 36.7 Å². The van der Waals surface area contributed by atoms with Crippen molar-refractivity contribution in [3.05, 3.63) is 58.1 Å². The molecule has 0 aliphatic rings. The van der Waals surface area contributed by atoms with Gasteiger partial charge in [-0.1, -0.05) is 35.3 Å². The van der Waals surface area contributed by atoms with Crippen LogP contribution in [0.3, 0.4) is 0 Å². The molecule has 10 heteroatoms. The number of carbonyl (C=O) groups excluding carboxylic acids is 2. The van der Waals surface area contributed by atoms with E-state index in [9.17, 15) is 22.8 Å². The quantitative estimate of drug-likeness (QED) is 0.728. The maximum atomic E-state index is 13.0. The zero-order chi connectivity index (χ0) is 20.9. The molecule has 0 spiro atoms. The highest BCUT2D eigenvalue weighted by atomic mass is 35.5. The van der Waals surface area contributed by atoms with E-state index in [1.165, 1.54) is 37.4 Å². The fraction of sp³-hybridized carbons (Fsp3) is 0.222. The monoisotopic (exact) mass is 434 g/mol. The highest BCUT2D eigenvalue weighted by molar-refractivity contribution is 6.35. The Morgan fingerprint density at radius 1 is 1.14 bits per heavy atom. The molecule has 0 bridgehead atoms. The molecule has 0 saturated heterocycles. The van der Waals surface area contributed by atoms with Crippen LogP contribution in [0.5, 0.6) is 5.75 Å². The molecule has 0 aromatic heterocycles. The third kappa shape index (κ3) is 6.03. The zero-order valence-electron chi connectivity index (χ0n) is 14.5. The molecular weight excluding hydrogens is 420 g/mol. The maximum Gasteiger partial charge on any atom is 0.418 e. The molecule has 0 aliphatic carbocycles. The average Bonchev–Trinajstić information content (AvgIpc) is 2.60. The number of rotatable bonds is 6. The van der Waals surface area contributed by atoms with Crippen LogP contribution in [0.1, 0.15) is 5.56 Å². The number of benzene rings is 2. The van der Waals surface area contributed by atoms with Gasteiger partial charge in [0.2, 0.25) is 5.91 Å². The number of alkyl halides is 3. The van der Waals surface area contributed by atoms with Gasteiger partial charge in [-0.05, 0) is 30.3 Å². The van der Waals surface area contributed by atoms with E-state index in [-0.39, 0.29) is 16.5 Å². The number of carbonyl (C=O) groups is 2. The Hall–Kier alpha value is -2.45. The summed E-state index contributed by atoms with van der Waals surface area (Å²) in [4.78, 5) is 25.1. The van der Waals surface area contributed by atoms with Gasteiger partial charge in [0.1, 0.15) is 5.75 Å². The second-order valence-electron chi connectivity index (χ2n) is 5.70. The third-order valence-corrected chi connectivity index (χ3v) is 4.09. The molecule has 2 amide bonds. The summed E-state index contributed by atoms with van der Waals surface area (Å²) >= 11 is 11.7. The largest absolute Gasteiger partial charge is 0.482 e. The van der Waals surface area contributed by atoms with Crippen LogP contribution in [0.15, 0.2) is 42.5 Å². The average molecular weight is 435 g/mol. The van der Waals surface area contributed by atoms with Crippen molar-refractivity contribution < 1.29 is 27.5 Å². The van der Waals surface area contributed by atoms with Crippen molar-refractivity contribution in [2.24, 2.45) is 0 Å². The Morgan fingerprint density at radius 3 is 2.46 bits per heavy atom. The number of hydrogen-bond acceptors (Lipinski definition) is 3. The molecule has 2 aromatic carbocycles. The van der Waals surface area contributed by atoms with Gasteiger partial charge < -0.3 is 15.0 Å². The minimum Gasteiger partial charge on any atom is -0.482 e. The lowest BCUT2D eigenvalue weighted by atomic mass is 10.1. The summed E-state index contributed by atoms with van der Waals surface area (Å²) in [6, 6.07) is 9.03. The molecule has 0 fully saturated rings. The summed E-state index contributed by atoms with van der Waals surface area (Å²) in [6.45, 7) is -0.868. The van der Waals surface area contributed by atoms with Crippen LogP contribution >= 0.6 is 23.2 Å². The Bertz CT molecular complexity index is 875. The van der Waals surface area contributed by atoms with Crippen molar-refractivity contribution in [1.82, 2.24) is 4.90 Å². The number of ether oxygens (including phenoxy) is 1. The van der Waals surface area contributed by atoms with Gasteiger partial charge in [0.15, 0.2) is 6.61 Å². The van der Waals surface area contributed by atoms with Gasteiger partial charge >= 0.3 is 6.18 Å². The van der Waals surface area contributed by atoms with Crippen molar-refractivity contribution in [1.29, 1.82) is 0 Å². The predicted molar refractivity (Wildman–Crippen MR) is 99.7 cm³/mol. The summed E-state index contributed by atoms with van der Waals surface area (Å²) in [5.41, 5.74) is -1.36. The number of anilines is 1. The third-order valence-electron chi connectivity index (χ3n) is 3.56. The summed E-state index contributed by atoms with van der Waals surface area (Å²) < 4.78 is 44.1. The number of halogens is 5. The van der Waals surface area contributed by atoms with Gasteiger partial charge in [0.05, 0.1) is 22.8 Å². The number of para-hydroxylation sites is 1. The molecule has 0 radical (unpaired) electrons. The van der Waals surface area contributed by atoms with E-state index >= 15 is 0 Å². The first-order valence-electron chi connectivity index (χ1n) is 7.86. The van der Waals surface area contributed by atoms with Crippen molar-refractivity contribution in [2.75, 3.05) is 25.5 Å². The van der Waals surface area contributed by atoms with Crippen LogP contribution in [-0.2, 0) is 15.8 Å². The predicted octanol–water partition coefficient (Wildman–Crippen LogP) is 4.49. The van der Waals surface area contributed by atoms with Crippen LogP contribution < -0.4 is 10.1 Å². The normalized spacial score (nSPS) is 11.1. The number of likely N-dealkylation sites (N-methyl/N-ethyl adjacent to an activating group) is 1. The van der Waals surface area contributed by atoms with E-state index in [0.29, 0.717) is 5.02 Å². The molecule has 28 heavy (non-hydrogen) atoms. The SMILES string of the molecule is CN(CC(=O)Nc1ccccc1C(F)(F)F)C(=O)COc1ccc(Cl)cc1Cl. The summed E-state index contributed by atoms with van der Waals surface area (Å²) in [7, 11) is 1.32. The van der Waals surface area contributed by atoms with Crippen LogP contribution in [0.2, 0.25) is 10.0 Å². The lowest BCUT2D eigenvalue weighted by molar-refractivity contribution is -0.137. The molecule has 2 rings (SSSR count). The Labute approximate surface area is 169 Å². The second-order valence-corrected chi connectivity index (χ2v) is 6.55. The van der Waals surface area contributed by atoms with Gasteiger partial charge in [0.25, 0.3) is 5.91 Å². The second kappa shape index (κ2) is 9.16. The van der Waals surface area contributed by atoms with Crippen LogP contribution in [0, 0.1) is 0 Å². The molecule has 0 atom stereocenters. The van der Waals surface area contributed by atoms with E-state index in [4.69, 9.17) is 27.9 Å². The minimum absolute atomic E-state index is 0.212. The molecule has 1 N–H and O–H groups in total. The molecule has 0 saturated carbocycles. The number of hydrogen-bond donors (Lipinski definition) is 1. The smallest absolute Gasteiger partial charge is 0.418 e. The van der Waals surface area contributed by atoms with Crippen LogP contribution in [-0.4, -0.2) is 36.9 Å². The van der Waals surface area contributed by atoms with Gasteiger partial charge in [-0.25, -0.2) is 0 Å². The molecule has 2 aromatic rings. The zero-order valence-corrected chi connectivity index (χ0v) is 16.0. The lowest BCUT2D eigenvalue weighted by Crippen LogP contribution is -2.37. The van der Waals surface area contributed by atoms with Crippen molar-refractivity contribution in [2.45, 2.75) is 6.18 Å². The highest BCUT2D eigenvalue weighted by Gasteiger charge is 2.33. The van der Waals surface area contributed by atoms with Crippen molar-refractivity contribution >= 4 is 40.7 Å². The summed E-state index contributed by atoms with van der Waals surface area (Å²) in [5.74, 6) is -1.11. The number of nitrogens with zero attached hydrogens (tertiary/aromatic N) is 1. The van der Waals surface area contributed by atoms with Crippen molar-refractivity contribution in [3.8, 4) is 5.75 Å². The number of amides is 2. The van der Waals surface area contributed by atoms with Gasteiger partial charge in [0, 0.05) is 12.1 Å². The van der Waals surface area contributed by atoms with Crippen LogP contribution in [0.25, 0.3) is 0 Å². The van der Waals surface area contributed by atoms with Gasteiger partial charge in [-0.15, -0.1) is 0 Å². The molecule has 5 nitrogen and oxygen atoms in total. The van der Waals surface area contributed by atoms with Crippen LogP contribution in [0.4, 0.5) is 18.9 Å². The lowest BCUT2D eigenvalue weighted by Gasteiger charge is -2.18. The van der Waals surface area contributed by atoms with Gasteiger partial charge in [-0.3, -0.25) is 9.59 Å². The fourth-order valence-corrected chi connectivity index (χ4v) is 2.64. The summed E-state index contributed by atoms with van der Waals surface area (Å²) in [5, 5.41) is 2.77. The van der Waals surface area contributed by atoms with E-state index in [0.717, 1.165) is 17.0 Å². The molecule has 0 aliphatic heterocycles. The first kappa shape index (κ1) is 21.8. The highest BCUT2D eigenvalue weighted by Crippen LogP contribution is 2.34. The first-order valence-corrected chi connectivity index (χ1v) is 8.61. The Kier molecular flexibility index (Phi) is 7.15. The topological polar surface area (TPSA) is 58.6 Å². The van der Waals surface area contributed by atoms with E-state index in [1.54, 1.807) is 0 Å². The standard InChI is InChI=1S/C18H15Cl2F3N2O3/c1-25(17(27)10-28-15-7-6-11(19)8-13(15)20)9-16(26)24-14-5-3-2-4-12(14)18(21,22)23/h2-8H,9-10H2,1H3,(H,24,26). The molecule has 0 unspecified atom stereocenters. The Morgan fingerprint density at radius 2 is 1.82 bits per heavy atom. The maximum absolute atomic E-state index is 13.0. The number of nitrogens with one attached hydrogen (secondary N) is 1. The van der Waals surface area contributed by atoms with Gasteiger partial charge in [-0.2, -0.15) is 13.2 Å².